The van der Waals surface area contributed by atoms with E-state index >= 15 is 0 Å². The van der Waals surface area contributed by atoms with E-state index in [1.54, 1.807) is 4.90 Å². The molecule has 1 unspecified atom stereocenters. The van der Waals surface area contributed by atoms with Gasteiger partial charge in [0, 0.05) is 24.0 Å². The quantitative estimate of drug-likeness (QED) is 0.650. The minimum atomic E-state index is -0.420. The molecule has 1 fully saturated rings. The summed E-state index contributed by atoms with van der Waals surface area (Å²) in [5.74, 6) is -0.724. The lowest BCUT2D eigenvalue weighted by Crippen LogP contribution is -2.58. The highest BCUT2D eigenvalue weighted by atomic mass is 16.2. The summed E-state index contributed by atoms with van der Waals surface area (Å²) in [5, 5.41) is 2.31. The van der Waals surface area contributed by atoms with Crippen molar-refractivity contribution in [1.82, 2.24) is 14.8 Å². The van der Waals surface area contributed by atoms with E-state index in [0.29, 0.717) is 12.0 Å². The lowest BCUT2D eigenvalue weighted by molar-refractivity contribution is -0.139. The first-order chi connectivity index (χ1) is 9.85. The second kappa shape index (κ2) is 5.81. The van der Waals surface area contributed by atoms with Crippen LogP contribution in [0.5, 0.6) is 0 Å². The highest BCUT2D eigenvalue weighted by Crippen LogP contribution is 2.16. The summed E-state index contributed by atoms with van der Waals surface area (Å²) in [6, 6.07) is 1.43. The van der Waals surface area contributed by atoms with E-state index in [-0.39, 0.29) is 30.7 Å². The number of aryl methyl sites for hydroxylation is 1. The highest BCUT2D eigenvalue weighted by molar-refractivity contribution is 6.03. The first-order valence-electron chi connectivity index (χ1n) is 7.09. The van der Waals surface area contributed by atoms with Crippen molar-refractivity contribution in [3.8, 4) is 0 Å². The highest BCUT2D eigenvalue weighted by Gasteiger charge is 2.33. The van der Waals surface area contributed by atoms with Gasteiger partial charge in [-0.05, 0) is 26.3 Å². The molecule has 21 heavy (non-hydrogen) atoms. The fourth-order valence-corrected chi connectivity index (χ4v) is 2.74. The molecule has 6 nitrogen and oxygen atoms in total. The van der Waals surface area contributed by atoms with Gasteiger partial charge in [0.05, 0.1) is 19.1 Å². The molecular formula is C15H21N3O3. The van der Waals surface area contributed by atoms with Crippen LogP contribution < -0.4 is 5.32 Å². The largest absolute Gasteiger partial charge is 0.351 e. The summed E-state index contributed by atoms with van der Waals surface area (Å²) < 4.78 is 1.96. The third kappa shape index (κ3) is 2.90. The molecule has 2 amide bonds. The Hall–Kier alpha value is -1.95. The molecule has 2 heterocycles. The van der Waals surface area contributed by atoms with Crippen molar-refractivity contribution >= 4 is 17.6 Å². The predicted molar refractivity (Wildman–Crippen MR) is 78.0 cm³/mol. The Bertz CT molecular complexity index is 604. The van der Waals surface area contributed by atoms with Gasteiger partial charge in [-0.15, -0.1) is 0 Å². The molecule has 0 aliphatic carbocycles. The number of aromatic nitrogens is 1. The Morgan fingerprint density at radius 1 is 1.38 bits per heavy atom. The van der Waals surface area contributed by atoms with Gasteiger partial charge >= 0.3 is 0 Å². The van der Waals surface area contributed by atoms with Crippen LogP contribution in [0.15, 0.2) is 6.07 Å². The summed E-state index contributed by atoms with van der Waals surface area (Å²) in [6.45, 7) is 5.88. The molecule has 114 valence electrons. The lowest BCUT2D eigenvalue weighted by Gasteiger charge is -2.32. The van der Waals surface area contributed by atoms with Gasteiger partial charge in [-0.2, -0.15) is 0 Å². The lowest BCUT2D eigenvalue weighted by atomic mass is 10.1. The molecule has 1 N–H and O–H groups in total. The number of rotatable bonds is 4. The topological polar surface area (TPSA) is 71.4 Å². The van der Waals surface area contributed by atoms with Crippen LogP contribution in [0.25, 0.3) is 0 Å². The zero-order valence-corrected chi connectivity index (χ0v) is 12.9. The summed E-state index contributed by atoms with van der Waals surface area (Å²) in [7, 11) is 1.91. The Labute approximate surface area is 124 Å². The first-order valence-corrected chi connectivity index (χ1v) is 7.09. The van der Waals surface area contributed by atoms with Gasteiger partial charge in [-0.25, -0.2) is 0 Å². The molecule has 1 atom stereocenters. The molecule has 6 heteroatoms. The number of amides is 2. The van der Waals surface area contributed by atoms with E-state index < -0.39 is 6.04 Å². The molecule has 2 rings (SSSR count). The third-order valence-electron chi connectivity index (χ3n) is 4.16. The number of hydrogen-bond donors (Lipinski definition) is 1. The molecule has 1 aliphatic heterocycles. The van der Waals surface area contributed by atoms with Gasteiger partial charge in [-0.1, -0.05) is 6.92 Å². The zero-order chi connectivity index (χ0) is 15.7. The molecule has 0 aromatic carbocycles. The van der Waals surface area contributed by atoms with Crippen molar-refractivity contribution in [2.45, 2.75) is 33.2 Å². The van der Waals surface area contributed by atoms with Crippen molar-refractivity contribution < 1.29 is 14.4 Å². The molecule has 1 aromatic heterocycles. The Morgan fingerprint density at radius 2 is 2.05 bits per heavy atom. The summed E-state index contributed by atoms with van der Waals surface area (Å²) in [6.07, 6.45) is 0.569. The van der Waals surface area contributed by atoms with Gasteiger partial charge in [-0.3, -0.25) is 24.6 Å². The van der Waals surface area contributed by atoms with Gasteiger partial charge in [0.15, 0.2) is 5.78 Å². The van der Waals surface area contributed by atoms with Crippen LogP contribution in [-0.2, 0) is 16.6 Å². The normalized spacial score (nSPS) is 19.7. The Kier molecular flexibility index (Phi) is 4.27. The van der Waals surface area contributed by atoms with Crippen LogP contribution in [0, 0.1) is 13.8 Å². The van der Waals surface area contributed by atoms with Crippen molar-refractivity contribution in [3.05, 3.63) is 23.0 Å². The average Bonchev–Trinajstić information content (AvgIpc) is 2.66. The van der Waals surface area contributed by atoms with E-state index in [9.17, 15) is 14.4 Å². The fraction of sp³-hybridized carbons (Fsp3) is 0.533. The number of Topliss-reactive ketones (excluding diaryl/α,β-unsaturated/α-hetero) is 1. The summed E-state index contributed by atoms with van der Waals surface area (Å²) >= 11 is 0. The van der Waals surface area contributed by atoms with Crippen LogP contribution in [0.1, 0.15) is 35.1 Å². The molecule has 0 bridgehead atoms. The van der Waals surface area contributed by atoms with Crippen LogP contribution in [0.2, 0.25) is 0 Å². The number of ketones is 1. The number of nitrogens with zero attached hydrogens (tertiary/aromatic N) is 2. The standard InChI is InChI=1S/C15H21N3O3/c1-5-12-15(21)16-14(20)8-18(12)7-13(19)11-6-9(2)17(4)10(11)3/h6,12H,5,7-8H2,1-4H3,(H,16,20,21). The number of imide groups is 1. The van der Waals surface area contributed by atoms with Gasteiger partial charge in [0.25, 0.3) is 0 Å². The van der Waals surface area contributed by atoms with Crippen LogP contribution in [-0.4, -0.2) is 46.2 Å². The third-order valence-corrected chi connectivity index (χ3v) is 4.16. The van der Waals surface area contributed by atoms with Gasteiger partial charge in [0.2, 0.25) is 11.8 Å². The number of piperazine rings is 1. The molecule has 1 aromatic rings. The maximum absolute atomic E-state index is 12.5. The number of carbonyl (C=O) groups excluding carboxylic acids is 3. The molecule has 1 aliphatic rings. The van der Waals surface area contributed by atoms with Crippen LogP contribution >= 0.6 is 0 Å². The van der Waals surface area contributed by atoms with E-state index in [1.807, 2.05) is 38.5 Å². The summed E-state index contributed by atoms with van der Waals surface area (Å²) in [4.78, 5) is 37.4. The minimum absolute atomic E-state index is 0.0582. The van der Waals surface area contributed by atoms with Crippen LogP contribution in [0.3, 0.4) is 0 Å². The van der Waals surface area contributed by atoms with Gasteiger partial charge < -0.3 is 4.57 Å². The van der Waals surface area contributed by atoms with Crippen LogP contribution in [0.4, 0.5) is 0 Å². The molecule has 0 radical (unpaired) electrons. The van der Waals surface area contributed by atoms with E-state index in [2.05, 4.69) is 5.32 Å². The van der Waals surface area contributed by atoms with Gasteiger partial charge in [0.1, 0.15) is 0 Å². The Balaban J connectivity index is 2.19. The molecule has 0 spiro atoms. The maximum atomic E-state index is 12.5. The molecule has 0 saturated carbocycles. The monoisotopic (exact) mass is 291 g/mol. The van der Waals surface area contributed by atoms with Crippen molar-refractivity contribution in [2.24, 2.45) is 7.05 Å². The second-order valence-corrected chi connectivity index (χ2v) is 5.51. The average molecular weight is 291 g/mol. The minimum Gasteiger partial charge on any atom is -0.351 e. The predicted octanol–water partition coefficient (Wildman–Crippen LogP) is 0.562. The second-order valence-electron chi connectivity index (χ2n) is 5.51. The number of hydrogen-bond acceptors (Lipinski definition) is 4. The Morgan fingerprint density at radius 3 is 2.57 bits per heavy atom. The van der Waals surface area contributed by atoms with E-state index in [0.717, 1.165) is 11.4 Å². The molecule has 1 saturated heterocycles. The van der Waals surface area contributed by atoms with Crippen molar-refractivity contribution in [1.29, 1.82) is 0 Å². The number of nitrogens with one attached hydrogen (secondary N) is 1. The number of carbonyl (C=O) groups is 3. The zero-order valence-electron chi connectivity index (χ0n) is 12.9. The molecular weight excluding hydrogens is 270 g/mol. The smallest absolute Gasteiger partial charge is 0.243 e. The fourth-order valence-electron chi connectivity index (χ4n) is 2.74. The summed E-state index contributed by atoms with van der Waals surface area (Å²) in [5.41, 5.74) is 2.57. The SMILES string of the molecule is CCC1C(=O)NC(=O)CN1CC(=O)c1cc(C)n(C)c1C. The van der Waals surface area contributed by atoms with Crippen molar-refractivity contribution in [3.63, 3.8) is 0 Å². The van der Waals surface area contributed by atoms with E-state index in [1.165, 1.54) is 0 Å². The van der Waals surface area contributed by atoms with E-state index in [4.69, 9.17) is 0 Å². The van der Waals surface area contributed by atoms with Crippen molar-refractivity contribution in [2.75, 3.05) is 13.1 Å². The maximum Gasteiger partial charge on any atom is 0.243 e. The first kappa shape index (κ1) is 15.4.